The Morgan fingerprint density at radius 2 is 2.47 bits per heavy atom. The lowest BCUT2D eigenvalue weighted by Crippen LogP contribution is -2.38. The zero-order valence-electron chi connectivity index (χ0n) is 9.60. The summed E-state index contributed by atoms with van der Waals surface area (Å²) in [4.78, 5) is 15.6. The predicted molar refractivity (Wildman–Crippen MR) is 62.2 cm³/mol. The topological polar surface area (TPSA) is 72.5 Å². The number of hydrogen-bond donors (Lipinski definition) is 2. The van der Waals surface area contributed by atoms with E-state index in [-0.39, 0.29) is 12.1 Å². The van der Waals surface area contributed by atoms with Crippen LogP contribution in [0, 0.1) is 0 Å². The molecule has 0 unspecified atom stereocenters. The maximum Gasteiger partial charge on any atom is 0.319 e. The summed E-state index contributed by atoms with van der Waals surface area (Å²) in [6.45, 7) is 1.28. The van der Waals surface area contributed by atoms with Gasteiger partial charge in [-0.25, -0.2) is 9.78 Å². The molecule has 0 spiro atoms. The van der Waals surface area contributed by atoms with Crippen molar-refractivity contribution in [3.63, 3.8) is 0 Å². The van der Waals surface area contributed by atoms with Crippen LogP contribution in [0.15, 0.2) is 18.3 Å². The van der Waals surface area contributed by atoms with E-state index in [0.717, 1.165) is 6.42 Å². The second-order valence-electron chi connectivity index (χ2n) is 3.75. The number of amides is 2. The lowest BCUT2D eigenvalue weighted by molar-refractivity contribution is 0.189. The molecule has 2 rings (SSSR count). The molecule has 2 heterocycles. The molecule has 6 heteroatoms. The minimum absolute atomic E-state index is 0.0983. The van der Waals surface area contributed by atoms with Crippen LogP contribution in [-0.2, 0) is 4.74 Å². The predicted octanol–water partition coefficient (Wildman–Crippen LogP) is 1.00. The van der Waals surface area contributed by atoms with Crippen LogP contribution in [0.3, 0.4) is 0 Å². The summed E-state index contributed by atoms with van der Waals surface area (Å²) in [6.07, 6.45) is 2.40. The van der Waals surface area contributed by atoms with E-state index in [4.69, 9.17) is 9.47 Å². The Hall–Kier alpha value is -1.82. The SMILES string of the molecule is COc1ccc(NC(=O)N[C@H]2CCOC2)cn1. The van der Waals surface area contributed by atoms with Crippen LogP contribution in [0.2, 0.25) is 0 Å². The van der Waals surface area contributed by atoms with Gasteiger partial charge in [0.2, 0.25) is 5.88 Å². The zero-order chi connectivity index (χ0) is 12.1. The van der Waals surface area contributed by atoms with Crippen molar-refractivity contribution in [2.45, 2.75) is 12.5 Å². The Labute approximate surface area is 99.3 Å². The summed E-state index contributed by atoms with van der Waals surface area (Å²) in [5.41, 5.74) is 0.627. The van der Waals surface area contributed by atoms with Crippen molar-refractivity contribution in [3.8, 4) is 5.88 Å². The summed E-state index contributed by atoms with van der Waals surface area (Å²) < 4.78 is 10.1. The van der Waals surface area contributed by atoms with Gasteiger partial charge < -0.3 is 20.1 Å². The number of methoxy groups -OCH3 is 1. The third kappa shape index (κ3) is 3.32. The smallest absolute Gasteiger partial charge is 0.319 e. The van der Waals surface area contributed by atoms with E-state index in [9.17, 15) is 4.79 Å². The van der Waals surface area contributed by atoms with Gasteiger partial charge in [-0.15, -0.1) is 0 Å². The number of urea groups is 1. The molecule has 2 amide bonds. The maximum atomic E-state index is 11.6. The summed E-state index contributed by atoms with van der Waals surface area (Å²) in [5, 5.41) is 5.52. The average Bonchev–Trinajstić information content (AvgIpc) is 2.82. The fraction of sp³-hybridized carbons (Fsp3) is 0.455. The van der Waals surface area contributed by atoms with Crippen LogP contribution in [0.1, 0.15) is 6.42 Å². The van der Waals surface area contributed by atoms with Crippen molar-refractivity contribution in [1.29, 1.82) is 0 Å². The van der Waals surface area contributed by atoms with E-state index < -0.39 is 0 Å². The van der Waals surface area contributed by atoms with Crippen LogP contribution in [-0.4, -0.2) is 37.4 Å². The fourth-order valence-electron chi connectivity index (χ4n) is 1.58. The first-order valence-corrected chi connectivity index (χ1v) is 5.43. The van der Waals surface area contributed by atoms with Gasteiger partial charge in [0.15, 0.2) is 0 Å². The van der Waals surface area contributed by atoms with E-state index in [0.29, 0.717) is 24.8 Å². The van der Waals surface area contributed by atoms with Gasteiger partial charge in [-0.2, -0.15) is 0 Å². The van der Waals surface area contributed by atoms with Gasteiger partial charge in [0.1, 0.15) is 0 Å². The summed E-state index contributed by atoms with van der Waals surface area (Å²) in [7, 11) is 1.54. The Kier molecular flexibility index (Phi) is 3.77. The molecule has 92 valence electrons. The molecule has 0 saturated carbocycles. The number of nitrogens with zero attached hydrogens (tertiary/aromatic N) is 1. The number of rotatable bonds is 3. The van der Waals surface area contributed by atoms with E-state index in [1.807, 2.05) is 0 Å². The molecule has 1 saturated heterocycles. The monoisotopic (exact) mass is 237 g/mol. The van der Waals surface area contributed by atoms with Crippen LogP contribution >= 0.6 is 0 Å². The van der Waals surface area contributed by atoms with E-state index in [2.05, 4.69) is 15.6 Å². The standard InChI is InChI=1S/C11H15N3O3/c1-16-10-3-2-8(6-12-10)13-11(15)14-9-4-5-17-7-9/h2-3,6,9H,4-5,7H2,1H3,(H2,13,14,15)/t9-/m0/s1. The van der Waals surface area contributed by atoms with Gasteiger partial charge in [0, 0.05) is 12.7 Å². The number of anilines is 1. The van der Waals surface area contributed by atoms with Gasteiger partial charge in [-0.3, -0.25) is 0 Å². The first-order valence-electron chi connectivity index (χ1n) is 5.43. The molecule has 6 nitrogen and oxygen atoms in total. The molecule has 1 aromatic rings. The number of carbonyl (C=O) groups excluding carboxylic acids is 1. The Bertz CT molecular complexity index is 374. The van der Waals surface area contributed by atoms with Crippen LogP contribution < -0.4 is 15.4 Å². The number of hydrogen-bond acceptors (Lipinski definition) is 4. The Balaban J connectivity index is 1.84. The number of carbonyl (C=O) groups is 1. The highest BCUT2D eigenvalue weighted by Gasteiger charge is 2.17. The molecule has 1 aliphatic heterocycles. The highest BCUT2D eigenvalue weighted by molar-refractivity contribution is 5.89. The van der Waals surface area contributed by atoms with Crippen molar-refractivity contribution in [3.05, 3.63) is 18.3 Å². The Morgan fingerprint density at radius 1 is 1.59 bits per heavy atom. The molecule has 0 radical (unpaired) electrons. The van der Waals surface area contributed by atoms with Crippen LogP contribution in [0.4, 0.5) is 10.5 Å². The summed E-state index contributed by atoms with van der Waals surface area (Å²) in [6, 6.07) is 3.28. The van der Waals surface area contributed by atoms with Crippen LogP contribution in [0.25, 0.3) is 0 Å². The summed E-state index contributed by atoms with van der Waals surface area (Å²) in [5.74, 6) is 0.514. The fourth-order valence-corrected chi connectivity index (χ4v) is 1.58. The van der Waals surface area contributed by atoms with Crippen molar-refractivity contribution in [2.75, 3.05) is 25.6 Å². The molecule has 2 N–H and O–H groups in total. The molecular formula is C11H15N3O3. The maximum absolute atomic E-state index is 11.6. The lowest BCUT2D eigenvalue weighted by Gasteiger charge is -2.11. The van der Waals surface area contributed by atoms with Gasteiger partial charge in [-0.05, 0) is 12.5 Å². The quantitative estimate of drug-likeness (QED) is 0.822. The summed E-state index contributed by atoms with van der Waals surface area (Å²) >= 11 is 0. The number of pyridine rings is 1. The van der Waals surface area contributed by atoms with Gasteiger partial charge in [0.25, 0.3) is 0 Å². The minimum Gasteiger partial charge on any atom is -0.481 e. The molecule has 0 aromatic carbocycles. The largest absolute Gasteiger partial charge is 0.481 e. The average molecular weight is 237 g/mol. The first kappa shape index (κ1) is 11.7. The van der Waals surface area contributed by atoms with E-state index in [1.54, 1.807) is 25.4 Å². The van der Waals surface area contributed by atoms with Gasteiger partial charge >= 0.3 is 6.03 Å². The molecule has 1 fully saturated rings. The molecule has 1 atom stereocenters. The van der Waals surface area contributed by atoms with Crippen molar-refractivity contribution >= 4 is 11.7 Å². The molecule has 1 aromatic heterocycles. The molecule has 0 aliphatic carbocycles. The van der Waals surface area contributed by atoms with Crippen molar-refractivity contribution in [1.82, 2.24) is 10.3 Å². The molecule has 0 bridgehead atoms. The van der Waals surface area contributed by atoms with Gasteiger partial charge in [-0.1, -0.05) is 0 Å². The third-order valence-electron chi connectivity index (χ3n) is 2.47. The van der Waals surface area contributed by atoms with Crippen LogP contribution in [0.5, 0.6) is 5.88 Å². The Morgan fingerprint density at radius 3 is 3.06 bits per heavy atom. The normalized spacial score (nSPS) is 18.8. The van der Waals surface area contributed by atoms with Crippen molar-refractivity contribution in [2.24, 2.45) is 0 Å². The zero-order valence-corrected chi connectivity index (χ0v) is 9.60. The number of nitrogens with one attached hydrogen (secondary N) is 2. The highest BCUT2D eigenvalue weighted by Crippen LogP contribution is 2.11. The number of ether oxygens (including phenoxy) is 2. The van der Waals surface area contributed by atoms with E-state index in [1.165, 1.54) is 0 Å². The molecular weight excluding hydrogens is 222 g/mol. The molecule has 17 heavy (non-hydrogen) atoms. The second kappa shape index (κ2) is 5.49. The number of aromatic nitrogens is 1. The second-order valence-corrected chi connectivity index (χ2v) is 3.75. The minimum atomic E-state index is -0.243. The first-order chi connectivity index (χ1) is 8.28. The van der Waals surface area contributed by atoms with Crippen molar-refractivity contribution < 1.29 is 14.3 Å². The van der Waals surface area contributed by atoms with Gasteiger partial charge in [0.05, 0.1) is 31.6 Å². The highest BCUT2D eigenvalue weighted by atomic mass is 16.5. The van der Waals surface area contributed by atoms with E-state index >= 15 is 0 Å². The lowest BCUT2D eigenvalue weighted by atomic mass is 10.3. The third-order valence-corrected chi connectivity index (χ3v) is 2.47. The molecule has 1 aliphatic rings.